The summed E-state index contributed by atoms with van der Waals surface area (Å²) in [6, 6.07) is 1.83. The summed E-state index contributed by atoms with van der Waals surface area (Å²) < 4.78 is 2.10. The predicted molar refractivity (Wildman–Crippen MR) is 76.3 cm³/mol. The smallest absolute Gasteiger partial charge is 0.160 e. The lowest BCUT2D eigenvalue weighted by Crippen LogP contribution is -2.07. The molecular formula is C13H17Cl2N3. The number of aromatic nitrogens is 3. The number of halogens is 2. The molecule has 0 radical (unpaired) electrons. The number of hydrogen-bond acceptors (Lipinski definition) is 2. The van der Waals surface area contributed by atoms with E-state index in [-0.39, 0.29) is 5.38 Å². The fourth-order valence-electron chi connectivity index (χ4n) is 1.92. The quantitative estimate of drug-likeness (QED) is 0.778. The van der Waals surface area contributed by atoms with Crippen molar-refractivity contribution in [3.05, 3.63) is 23.1 Å². The van der Waals surface area contributed by atoms with Crippen molar-refractivity contribution in [2.45, 2.75) is 39.1 Å². The highest BCUT2D eigenvalue weighted by molar-refractivity contribution is 6.31. The van der Waals surface area contributed by atoms with Crippen LogP contribution in [0.1, 0.15) is 38.4 Å². The fourth-order valence-corrected chi connectivity index (χ4v) is 2.23. The number of fused-ring (bicyclic) bond motifs is 1. The Bertz CT molecular complexity index is 546. The Morgan fingerprint density at radius 1 is 1.33 bits per heavy atom. The van der Waals surface area contributed by atoms with Crippen LogP contribution in [0.2, 0.25) is 5.02 Å². The van der Waals surface area contributed by atoms with Crippen molar-refractivity contribution in [1.29, 1.82) is 0 Å². The normalized spacial score (nSPS) is 13.4. The van der Waals surface area contributed by atoms with Gasteiger partial charge < -0.3 is 4.57 Å². The van der Waals surface area contributed by atoms with Crippen LogP contribution in [0, 0.1) is 5.92 Å². The first-order valence-corrected chi connectivity index (χ1v) is 6.96. The van der Waals surface area contributed by atoms with Gasteiger partial charge in [-0.2, -0.15) is 0 Å². The van der Waals surface area contributed by atoms with Gasteiger partial charge in [-0.1, -0.05) is 25.4 Å². The SMILES string of the molecule is CC(C)CCn1c(C(C)Cl)nc2cc(Cl)cnc21. The lowest BCUT2D eigenvalue weighted by molar-refractivity contribution is 0.510. The van der Waals surface area contributed by atoms with Crippen LogP contribution < -0.4 is 0 Å². The summed E-state index contributed by atoms with van der Waals surface area (Å²) >= 11 is 12.1. The van der Waals surface area contributed by atoms with Gasteiger partial charge in [0.2, 0.25) is 0 Å². The number of pyridine rings is 1. The maximum absolute atomic E-state index is 6.19. The Balaban J connectivity index is 2.48. The Morgan fingerprint density at radius 2 is 2.06 bits per heavy atom. The monoisotopic (exact) mass is 285 g/mol. The zero-order valence-corrected chi connectivity index (χ0v) is 12.3. The average molecular weight is 286 g/mol. The summed E-state index contributed by atoms with van der Waals surface area (Å²) in [5.41, 5.74) is 1.68. The van der Waals surface area contributed by atoms with Crippen molar-refractivity contribution in [2.24, 2.45) is 5.92 Å². The van der Waals surface area contributed by atoms with E-state index in [1.165, 1.54) is 0 Å². The molecule has 18 heavy (non-hydrogen) atoms. The number of imidazole rings is 1. The van der Waals surface area contributed by atoms with E-state index < -0.39 is 0 Å². The molecule has 0 fully saturated rings. The van der Waals surface area contributed by atoms with Crippen LogP contribution >= 0.6 is 23.2 Å². The lowest BCUT2D eigenvalue weighted by Gasteiger charge is -2.11. The van der Waals surface area contributed by atoms with Crippen LogP contribution in [0.3, 0.4) is 0 Å². The molecule has 0 aliphatic heterocycles. The fraction of sp³-hybridized carbons (Fsp3) is 0.538. The third-order valence-electron chi connectivity index (χ3n) is 2.87. The minimum atomic E-state index is -0.134. The molecule has 0 bridgehead atoms. The molecule has 3 nitrogen and oxygen atoms in total. The van der Waals surface area contributed by atoms with Crippen LogP contribution in [-0.4, -0.2) is 14.5 Å². The number of hydrogen-bond donors (Lipinski definition) is 0. The van der Waals surface area contributed by atoms with Crippen molar-refractivity contribution >= 4 is 34.4 Å². The average Bonchev–Trinajstić information content (AvgIpc) is 2.64. The van der Waals surface area contributed by atoms with Gasteiger partial charge in [0.05, 0.1) is 10.4 Å². The molecule has 2 heterocycles. The first kappa shape index (κ1) is 13.6. The third-order valence-corrected chi connectivity index (χ3v) is 3.27. The van der Waals surface area contributed by atoms with Gasteiger partial charge in [-0.15, -0.1) is 11.6 Å². The second-order valence-electron chi connectivity index (χ2n) is 4.92. The number of nitrogens with zero attached hydrogens (tertiary/aromatic N) is 3. The first-order chi connectivity index (χ1) is 8.49. The van der Waals surface area contributed by atoms with Crippen LogP contribution in [0.4, 0.5) is 0 Å². The summed E-state index contributed by atoms with van der Waals surface area (Å²) in [5.74, 6) is 1.50. The van der Waals surface area contributed by atoms with Crippen molar-refractivity contribution in [3.63, 3.8) is 0 Å². The second-order valence-corrected chi connectivity index (χ2v) is 6.01. The third kappa shape index (κ3) is 2.78. The maximum Gasteiger partial charge on any atom is 0.160 e. The van der Waals surface area contributed by atoms with E-state index in [4.69, 9.17) is 23.2 Å². The minimum absolute atomic E-state index is 0.134. The van der Waals surface area contributed by atoms with Gasteiger partial charge in [-0.25, -0.2) is 9.97 Å². The topological polar surface area (TPSA) is 30.7 Å². The molecule has 2 rings (SSSR count). The molecule has 0 spiro atoms. The van der Waals surface area contributed by atoms with Crippen molar-refractivity contribution in [1.82, 2.24) is 14.5 Å². The Labute approximate surface area is 117 Å². The zero-order valence-electron chi connectivity index (χ0n) is 10.8. The summed E-state index contributed by atoms with van der Waals surface area (Å²) in [7, 11) is 0. The van der Waals surface area contributed by atoms with E-state index in [2.05, 4.69) is 28.4 Å². The molecule has 2 aromatic rings. The number of alkyl halides is 1. The molecule has 0 aromatic carbocycles. The molecule has 2 aromatic heterocycles. The summed E-state index contributed by atoms with van der Waals surface area (Å²) in [4.78, 5) is 8.91. The predicted octanol–water partition coefficient (Wildman–Crippen LogP) is 4.43. The molecule has 98 valence electrons. The molecule has 5 heteroatoms. The number of rotatable bonds is 4. The van der Waals surface area contributed by atoms with Gasteiger partial charge in [-0.05, 0) is 25.3 Å². The summed E-state index contributed by atoms with van der Waals surface area (Å²) in [6.07, 6.45) is 2.73. The summed E-state index contributed by atoms with van der Waals surface area (Å²) in [6.45, 7) is 7.21. The lowest BCUT2D eigenvalue weighted by atomic mass is 10.1. The zero-order chi connectivity index (χ0) is 13.3. The highest BCUT2D eigenvalue weighted by Crippen LogP contribution is 2.25. The summed E-state index contributed by atoms with van der Waals surface area (Å²) in [5, 5.41) is 0.468. The molecule has 1 unspecified atom stereocenters. The standard InChI is InChI=1S/C13H17Cl2N3/c1-8(2)4-5-18-12(9(3)14)17-11-6-10(15)7-16-13(11)18/h6-9H,4-5H2,1-3H3. The van der Waals surface area contributed by atoms with E-state index in [1.54, 1.807) is 6.20 Å². The van der Waals surface area contributed by atoms with Gasteiger partial charge in [0.1, 0.15) is 11.3 Å². The van der Waals surface area contributed by atoms with Crippen molar-refractivity contribution < 1.29 is 0 Å². The van der Waals surface area contributed by atoms with Crippen molar-refractivity contribution in [2.75, 3.05) is 0 Å². The van der Waals surface area contributed by atoms with Crippen LogP contribution in [-0.2, 0) is 6.54 Å². The Kier molecular flexibility index (Phi) is 4.13. The molecule has 0 aliphatic carbocycles. The Morgan fingerprint density at radius 3 is 2.67 bits per heavy atom. The van der Waals surface area contributed by atoms with E-state index in [9.17, 15) is 0 Å². The van der Waals surface area contributed by atoms with Crippen LogP contribution in [0.5, 0.6) is 0 Å². The van der Waals surface area contributed by atoms with Crippen LogP contribution in [0.25, 0.3) is 11.2 Å². The molecule has 0 aliphatic rings. The van der Waals surface area contributed by atoms with E-state index >= 15 is 0 Å². The second kappa shape index (κ2) is 5.45. The molecule has 0 saturated heterocycles. The van der Waals surface area contributed by atoms with E-state index in [0.717, 1.165) is 30.0 Å². The minimum Gasteiger partial charge on any atom is -0.311 e. The highest BCUT2D eigenvalue weighted by atomic mass is 35.5. The maximum atomic E-state index is 6.19. The Hall–Kier alpha value is -0.800. The van der Waals surface area contributed by atoms with Gasteiger partial charge >= 0.3 is 0 Å². The van der Waals surface area contributed by atoms with E-state index in [1.807, 2.05) is 13.0 Å². The van der Waals surface area contributed by atoms with Gasteiger partial charge in [-0.3, -0.25) is 0 Å². The van der Waals surface area contributed by atoms with Crippen LogP contribution in [0.15, 0.2) is 12.3 Å². The van der Waals surface area contributed by atoms with Gasteiger partial charge in [0.15, 0.2) is 5.65 Å². The molecule has 1 atom stereocenters. The number of aryl methyl sites for hydroxylation is 1. The molecule has 0 N–H and O–H groups in total. The molecule has 0 amide bonds. The largest absolute Gasteiger partial charge is 0.311 e. The van der Waals surface area contributed by atoms with Gasteiger partial charge in [0.25, 0.3) is 0 Å². The first-order valence-electron chi connectivity index (χ1n) is 6.14. The molecule has 0 saturated carbocycles. The van der Waals surface area contributed by atoms with E-state index in [0.29, 0.717) is 10.9 Å². The molecular weight excluding hydrogens is 269 g/mol. The highest BCUT2D eigenvalue weighted by Gasteiger charge is 2.16. The van der Waals surface area contributed by atoms with Crippen molar-refractivity contribution in [3.8, 4) is 0 Å². The van der Waals surface area contributed by atoms with Gasteiger partial charge in [0, 0.05) is 12.7 Å².